The fourth-order valence-corrected chi connectivity index (χ4v) is 3.16. The first-order valence-corrected chi connectivity index (χ1v) is 8.56. The van der Waals surface area contributed by atoms with Gasteiger partial charge in [0.2, 0.25) is 5.60 Å². The van der Waals surface area contributed by atoms with Crippen LogP contribution in [0.4, 0.5) is 0 Å². The van der Waals surface area contributed by atoms with Crippen LogP contribution in [-0.4, -0.2) is 44.6 Å². The van der Waals surface area contributed by atoms with Crippen molar-refractivity contribution in [3.05, 3.63) is 36.2 Å². The third-order valence-electron chi connectivity index (χ3n) is 4.34. The van der Waals surface area contributed by atoms with Gasteiger partial charge < -0.3 is 19.7 Å². The van der Waals surface area contributed by atoms with E-state index in [1.807, 2.05) is 6.92 Å². The highest BCUT2D eigenvalue weighted by atomic mass is 16.6. The third kappa shape index (κ3) is 5.37. The molecule has 1 fully saturated rings. The summed E-state index contributed by atoms with van der Waals surface area (Å²) in [6.07, 6.45) is 6.24. The smallest absolute Gasteiger partial charge is 0.348 e. The van der Waals surface area contributed by atoms with Crippen LogP contribution in [0.1, 0.15) is 45.6 Å². The molecule has 1 aromatic heterocycles. The molecule has 142 valence electrons. The predicted octanol–water partition coefficient (Wildman–Crippen LogP) is 2.40. The minimum absolute atomic E-state index is 0.121. The number of carbonyl (C=O) groups is 2. The number of rotatable bonds is 6. The summed E-state index contributed by atoms with van der Waals surface area (Å²) in [6.45, 7) is 4.89. The number of nitrogens with zero attached hydrogens (tertiary/aromatic N) is 1. The Bertz CT molecular complexity index is 666. The maximum atomic E-state index is 12.1. The summed E-state index contributed by atoms with van der Waals surface area (Å²) >= 11 is 0. The second-order valence-electron chi connectivity index (χ2n) is 7.16. The largest absolute Gasteiger partial charge is 0.478 e. The van der Waals surface area contributed by atoms with Crippen LogP contribution < -0.4 is 0 Å². The van der Waals surface area contributed by atoms with E-state index in [2.05, 4.69) is 4.98 Å². The van der Waals surface area contributed by atoms with Crippen molar-refractivity contribution in [3.8, 4) is 0 Å². The zero-order valence-corrected chi connectivity index (χ0v) is 15.2. The lowest BCUT2D eigenvalue weighted by Crippen LogP contribution is -2.51. The van der Waals surface area contributed by atoms with Gasteiger partial charge in [0.15, 0.2) is 5.79 Å². The first kappa shape index (κ1) is 20.1. The molecule has 0 saturated heterocycles. The Labute approximate surface area is 152 Å². The number of ether oxygens (including phenoxy) is 2. The fourth-order valence-electron chi connectivity index (χ4n) is 3.16. The van der Waals surface area contributed by atoms with Crippen LogP contribution in [0, 0.1) is 5.92 Å². The molecule has 0 spiro atoms. The minimum Gasteiger partial charge on any atom is -0.478 e. The van der Waals surface area contributed by atoms with Gasteiger partial charge in [0.1, 0.15) is 0 Å². The Hall–Kier alpha value is -2.25. The lowest BCUT2D eigenvalue weighted by Gasteiger charge is -2.41. The highest BCUT2D eigenvalue weighted by molar-refractivity contribution is 5.90. The molecule has 0 bridgehead atoms. The molecule has 3 atom stereocenters. The van der Waals surface area contributed by atoms with E-state index in [0.29, 0.717) is 12.0 Å². The van der Waals surface area contributed by atoms with Crippen molar-refractivity contribution in [2.24, 2.45) is 5.92 Å². The number of hydrogen-bond donors (Lipinski definition) is 2. The monoisotopic (exact) mass is 363 g/mol. The quantitative estimate of drug-likeness (QED) is 0.454. The summed E-state index contributed by atoms with van der Waals surface area (Å²) in [4.78, 5) is 27.9. The molecular formula is C19H25NO6. The van der Waals surface area contributed by atoms with Crippen molar-refractivity contribution in [1.82, 2.24) is 4.98 Å². The van der Waals surface area contributed by atoms with Crippen LogP contribution in [-0.2, 0) is 19.1 Å². The van der Waals surface area contributed by atoms with Gasteiger partial charge in [-0.3, -0.25) is 4.98 Å². The number of aliphatic carboxylic acids is 1. The average Bonchev–Trinajstić information content (AvgIpc) is 2.55. The molecule has 1 saturated carbocycles. The van der Waals surface area contributed by atoms with E-state index in [0.717, 1.165) is 0 Å². The molecule has 1 aliphatic carbocycles. The predicted molar refractivity (Wildman–Crippen MR) is 93.9 cm³/mol. The van der Waals surface area contributed by atoms with E-state index >= 15 is 0 Å². The van der Waals surface area contributed by atoms with E-state index < -0.39 is 23.3 Å². The highest BCUT2D eigenvalue weighted by Crippen LogP contribution is 2.38. The van der Waals surface area contributed by atoms with Gasteiger partial charge in [-0.1, -0.05) is 13.0 Å². The van der Waals surface area contributed by atoms with Gasteiger partial charge in [0, 0.05) is 31.3 Å². The van der Waals surface area contributed by atoms with E-state index in [1.54, 1.807) is 24.5 Å². The van der Waals surface area contributed by atoms with Crippen LogP contribution in [0.3, 0.4) is 0 Å². The number of carboxylic acids is 1. The third-order valence-corrected chi connectivity index (χ3v) is 4.34. The molecule has 0 amide bonds. The number of esters is 1. The highest BCUT2D eigenvalue weighted by Gasteiger charge is 2.49. The summed E-state index contributed by atoms with van der Waals surface area (Å²) in [5.74, 6) is -3.38. The lowest BCUT2D eigenvalue weighted by molar-refractivity contribution is -0.233. The molecule has 0 aliphatic heterocycles. The normalized spacial score (nSPS) is 26.6. The van der Waals surface area contributed by atoms with Crippen LogP contribution in [0.2, 0.25) is 0 Å². The van der Waals surface area contributed by atoms with Crippen molar-refractivity contribution in [2.45, 2.75) is 57.5 Å². The Kier molecular flexibility index (Phi) is 6.15. The molecule has 2 rings (SSSR count). The van der Waals surface area contributed by atoms with Gasteiger partial charge in [0.05, 0.1) is 6.10 Å². The first-order chi connectivity index (χ1) is 12.1. The lowest BCUT2D eigenvalue weighted by atomic mass is 9.76. The molecule has 1 aromatic rings. The number of hydrogen-bond acceptors (Lipinski definition) is 6. The van der Waals surface area contributed by atoms with E-state index in [1.165, 1.54) is 26.0 Å². The summed E-state index contributed by atoms with van der Waals surface area (Å²) in [6, 6.07) is 3.50. The van der Waals surface area contributed by atoms with Gasteiger partial charge in [-0.2, -0.15) is 0 Å². The summed E-state index contributed by atoms with van der Waals surface area (Å²) in [5.41, 5.74) is -0.876. The maximum Gasteiger partial charge on any atom is 0.348 e. The minimum atomic E-state index is -1.59. The maximum absolute atomic E-state index is 12.1. The zero-order valence-electron chi connectivity index (χ0n) is 15.2. The molecule has 0 radical (unpaired) electrons. The van der Waals surface area contributed by atoms with E-state index in [-0.39, 0.29) is 24.9 Å². The Morgan fingerprint density at radius 3 is 2.69 bits per heavy atom. The number of carbonyl (C=O) groups excluding carboxylic acids is 1. The molecule has 26 heavy (non-hydrogen) atoms. The summed E-state index contributed by atoms with van der Waals surface area (Å²) in [7, 11) is 0. The number of carboxylic acid groups (broad SMARTS) is 1. The summed E-state index contributed by atoms with van der Waals surface area (Å²) in [5, 5.41) is 19.5. The van der Waals surface area contributed by atoms with Gasteiger partial charge in [0.25, 0.3) is 0 Å². The second-order valence-corrected chi connectivity index (χ2v) is 7.16. The Balaban J connectivity index is 2.05. The molecule has 1 unspecified atom stereocenters. The van der Waals surface area contributed by atoms with Gasteiger partial charge in [-0.05, 0) is 43.9 Å². The van der Waals surface area contributed by atoms with Crippen LogP contribution >= 0.6 is 0 Å². The molecule has 1 heterocycles. The van der Waals surface area contributed by atoms with Crippen molar-refractivity contribution >= 4 is 18.0 Å². The number of pyridine rings is 1. The second kappa shape index (κ2) is 7.97. The standard InChI is InChI=1S/C19H25NO6/c1-13-11-19(17(22)23,9-8-15(13)25-18(2,3)24)26-16(21)7-6-14-5-4-10-20-12-14/h4-7,10,12-13,15,24H,8-9,11H2,1-3H3,(H,22,23)/b7-6+/t13-,15-,19?/m1/s1. The van der Waals surface area contributed by atoms with Gasteiger partial charge >= 0.3 is 11.9 Å². The average molecular weight is 363 g/mol. The zero-order chi connectivity index (χ0) is 19.4. The summed E-state index contributed by atoms with van der Waals surface area (Å²) < 4.78 is 10.9. The van der Waals surface area contributed by atoms with Crippen LogP contribution in [0.5, 0.6) is 0 Å². The van der Waals surface area contributed by atoms with Crippen LogP contribution in [0.25, 0.3) is 6.08 Å². The van der Waals surface area contributed by atoms with Crippen molar-refractivity contribution in [1.29, 1.82) is 0 Å². The molecule has 1 aliphatic rings. The van der Waals surface area contributed by atoms with Gasteiger partial charge in [-0.15, -0.1) is 0 Å². The van der Waals surface area contributed by atoms with E-state index in [4.69, 9.17) is 9.47 Å². The Morgan fingerprint density at radius 1 is 1.42 bits per heavy atom. The first-order valence-electron chi connectivity index (χ1n) is 8.56. The molecule has 2 N–H and O–H groups in total. The van der Waals surface area contributed by atoms with Crippen molar-refractivity contribution < 1.29 is 29.3 Å². The van der Waals surface area contributed by atoms with Gasteiger partial charge in [-0.25, -0.2) is 9.59 Å². The molecule has 0 aromatic carbocycles. The number of aliphatic hydroxyl groups is 1. The van der Waals surface area contributed by atoms with Crippen molar-refractivity contribution in [3.63, 3.8) is 0 Å². The van der Waals surface area contributed by atoms with Crippen molar-refractivity contribution in [2.75, 3.05) is 0 Å². The number of aromatic nitrogens is 1. The molecular weight excluding hydrogens is 338 g/mol. The molecule has 7 nitrogen and oxygen atoms in total. The molecule has 7 heteroatoms. The topological polar surface area (TPSA) is 106 Å². The Morgan fingerprint density at radius 2 is 2.15 bits per heavy atom. The van der Waals surface area contributed by atoms with Crippen LogP contribution in [0.15, 0.2) is 30.6 Å². The fraction of sp³-hybridized carbons (Fsp3) is 0.526. The van der Waals surface area contributed by atoms with E-state index in [9.17, 15) is 19.8 Å². The SMILES string of the molecule is C[C@@H]1CC(OC(=O)/C=C/c2cccnc2)(C(=O)O)CC[C@H]1OC(C)(C)O.